The summed E-state index contributed by atoms with van der Waals surface area (Å²) in [5.41, 5.74) is 23.9. The molecule has 25 rings (SSSR count). The molecule has 0 amide bonds. The van der Waals surface area contributed by atoms with Crippen molar-refractivity contribution < 1.29 is 4.42 Å². The van der Waals surface area contributed by atoms with Crippen LogP contribution < -0.4 is 0 Å². The number of aromatic nitrogens is 8. The molecule has 0 saturated carbocycles. The Labute approximate surface area is 605 Å². The zero-order chi connectivity index (χ0) is 68.7. The molecule has 0 unspecified atom stereocenters. The fourth-order valence-electron chi connectivity index (χ4n) is 18.2. The fraction of sp³-hybridized carbons (Fsp3) is 0. The van der Waals surface area contributed by atoms with Crippen LogP contribution in [0.1, 0.15) is 0 Å². The molecule has 0 N–H and O–H groups in total. The monoisotopic (exact) mass is 1360 g/mol. The highest BCUT2D eigenvalue weighted by molar-refractivity contribution is 7.26. The number of fused-ring (bicyclic) bond motifs is 27. The molecule has 0 radical (unpaired) electrons. The van der Waals surface area contributed by atoms with Gasteiger partial charge < -0.3 is 13.2 Å². The van der Waals surface area contributed by atoms with Crippen molar-refractivity contribution in [1.82, 2.24) is 37.9 Å². The van der Waals surface area contributed by atoms with Gasteiger partial charge in [-0.15, -0.1) is 11.3 Å². The standard InChI is InChI=1S/C96H52N8OS/c1-3-19-53(20-4-1)59-41-44-63-71-51-79-83(85-66-26-10-14-30-73(66)101(90(71)85)76(63)48-59)65-25-9-16-32-75(65)103(79)95-93-89(70-29-13-18-34-82(70)106-93)97-94(100-95)57-38-35-56(36-39-57)61-43-46-68-78(50-61)104(96-98-87(62-40-37-55-23-7-8-24-58(55)47-62)92-88(99-96)69-28-12-17-33-81(69)105-92)80-52-72-64-45-42-60(54-21-5-2-6-22-54)49-77(64)102-74-31-15-11-27-67(74)86(84(68)80)91(72)102/h1-52H. The van der Waals surface area contributed by atoms with Crippen molar-refractivity contribution in [2.45, 2.75) is 0 Å². The first-order valence-corrected chi connectivity index (χ1v) is 36.8. The van der Waals surface area contributed by atoms with Crippen molar-refractivity contribution in [1.29, 1.82) is 0 Å². The molecular weight excluding hydrogens is 1310 g/mol. The smallest absolute Gasteiger partial charge is 0.236 e. The van der Waals surface area contributed by atoms with E-state index in [9.17, 15) is 0 Å². The van der Waals surface area contributed by atoms with Crippen molar-refractivity contribution in [3.8, 4) is 67.8 Å². The lowest BCUT2D eigenvalue weighted by Gasteiger charge is -2.12. The minimum absolute atomic E-state index is 0.553. The molecule has 0 aliphatic heterocycles. The summed E-state index contributed by atoms with van der Waals surface area (Å²) in [7, 11) is 0. The van der Waals surface area contributed by atoms with Gasteiger partial charge in [0.15, 0.2) is 17.2 Å². The highest BCUT2D eigenvalue weighted by atomic mass is 32.1. The largest absolute Gasteiger partial charge is 0.452 e. The third-order valence-electron chi connectivity index (χ3n) is 22.8. The Morgan fingerprint density at radius 3 is 1.42 bits per heavy atom. The predicted octanol–water partition coefficient (Wildman–Crippen LogP) is 25.5. The quantitative estimate of drug-likeness (QED) is 0.159. The fourth-order valence-corrected chi connectivity index (χ4v) is 19.3. The number of hydrogen-bond donors (Lipinski definition) is 0. The molecule has 0 aliphatic rings. The van der Waals surface area contributed by atoms with Gasteiger partial charge in [0.25, 0.3) is 0 Å². The number of thiophene rings is 1. The Morgan fingerprint density at radius 1 is 0.274 bits per heavy atom. The summed E-state index contributed by atoms with van der Waals surface area (Å²) >= 11 is 1.76. The predicted molar refractivity (Wildman–Crippen MR) is 440 cm³/mol. The van der Waals surface area contributed by atoms with Crippen LogP contribution >= 0.6 is 11.3 Å². The van der Waals surface area contributed by atoms with Gasteiger partial charge in [0.05, 0.1) is 65.4 Å². The molecule has 10 heteroatoms. The second-order valence-electron chi connectivity index (χ2n) is 28.3. The van der Waals surface area contributed by atoms with Crippen LogP contribution in [0.4, 0.5) is 0 Å². The molecule has 0 aliphatic carbocycles. The number of furan rings is 1. The molecule has 106 heavy (non-hydrogen) atoms. The van der Waals surface area contributed by atoms with Crippen molar-refractivity contribution in [3.63, 3.8) is 0 Å². The lowest BCUT2D eigenvalue weighted by Crippen LogP contribution is -2.03. The maximum absolute atomic E-state index is 6.84. The molecule has 0 fully saturated rings. The minimum Gasteiger partial charge on any atom is -0.452 e. The Morgan fingerprint density at radius 2 is 0.764 bits per heavy atom. The lowest BCUT2D eigenvalue weighted by atomic mass is 9.99. The van der Waals surface area contributed by atoms with E-state index in [2.05, 4.69) is 321 Å². The SMILES string of the molecule is c1ccc(-c2ccc3c4cc5c(c6ccc(-c7ccc(-c8nc(-n9c%10ccccc%10c%10c%11c%12ccccc%12n%12c%13cc(-c%14ccccc%14)ccc%13c(cc%109)c%11%12)c9sc%10ccccc%10c9n8)cc7)cc6n5-c5nc(-c6ccc7ccccc7c6)c6oc7ccccc7c6n5)c5c6ccccc6n(c3c2)c45)cc1. The van der Waals surface area contributed by atoms with Crippen LogP contribution in [-0.4, -0.2) is 37.9 Å². The summed E-state index contributed by atoms with van der Waals surface area (Å²) in [5, 5.41) is 18.6. The normalized spacial score (nSPS) is 12.5. The van der Waals surface area contributed by atoms with Gasteiger partial charge in [-0.05, 0) is 117 Å². The van der Waals surface area contributed by atoms with Crippen molar-refractivity contribution in [2.75, 3.05) is 0 Å². The Hall–Kier alpha value is -14.1. The van der Waals surface area contributed by atoms with E-state index in [1.54, 1.807) is 11.3 Å². The first kappa shape index (κ1) is 56.6. The first-order chi connectivity index (χ1) is 52.6. The molecular formula is C96H52N8OS. The van der Waals surface area contributed by atoms with E-state index in [4.69, 9.17) is 24.4 Å². The second kappa shape index (κ2) is 20.8. The number of hydrogen-bond acceptors (Lipinski definition) is 6. The molecule has 10 aromatic heterocycles. The Kier molecular flexibility index (Phi) is 11.1. The Balaban J connectivity index is 0.711. The summed E-state index contributed by atoms with van der Waals surface area (Å²) in [6.07, 6.45) is 0. The highest BCUT2D eigenvalue weighted by Crippen LogP contribution is 2.52. The summed E-state index contributed by atoms with van der Waals surface area (Å²) in [5.74, 6) is 2.06. The maximum atomic E-state index is 6.84. The van der Waals surface area contributed by atoms with Crippen LogP contribution in [0.25, 0.3) is 241 Å². The van der Waals surface area contributed by atoms with Crippen LogP contribution in [0.15, 0.2) is 320 Å². The molecule has 10 heterocycles. The number of rotatable bonds is 7. The van der Waals surface area contributed by atoms with Gasteiger partial charge in [-0.2, -0.15) is 0 Å². The first-order valence-electron chi connectivity index (χ1n) is 36.0. The minimum atomic E-state index is 0.553. The molecule has 0 spiro atoms. The third kappa shape index (κ3) is 7.60. The number of para-hydroxylation sites is 4. The van der Waals surface area contributed by atoms with E-state index in [-0.39, 0.29) is 0 Å². The van der Waals surface area contributed by atoms with Gasteiger partial charge >= 0.3 is 0 Å². The zero-order valence-electron chi connectivity index (χ0n) is 56.4. The average molecular weight is 1370 g/mol. The van der Waals surface area contributed by atoms with Crippen molar-refractivity contribution in [2.24, 2.45) is 0 Å². The van der Waals surface area contributed by atoms with Gasteiger partial charge in [0.2, 0.25) is 5.95 Å². The maximum Gasteiger partial charge on any atom is 0.236 e. The molecule has 488 valence electrons. The van der Waals surface area contributed by atoms with Gasteiger partial charge in [0, 0.05) is 91.2 Å². The Bertz CT molecular complexity index is 8140. The van der Waals surface area contributed by atoms with Gasteiger partial charge in [0.1, 0.15) is 16.8 Å². The molecule has 25 aromatic rings. The molecule has 0 atom stereocenters. The molecule has 0 bridgehead atoms. The van der Waals surface area contributed by atoms with E-state index in [1.165, 1.54) is 104 Å². The van der Waals surface area contributed by atoms with E-state index in [0.717, 1.165) is 120 Å². The topological polar surface area (TPSA) is 83.4 Å². The summed E-state index contributed by atoms with van der Waals surface area (Å²) < 4.78 is 18.8. The summed E-state index contributed by atoms with van der Waals surface area (Å²) in [4.78, 5) is 22.8. The van der Waals surface area contributed by atoms with Crippen LogP contribution in [0, 0.1) is 0 Å². The van der Waals surface area contributed by atoms with Crippen molar-refractivity contribution in [3.05, 3.63) is 315 Å². The van der Waals surface area contributed by atoms with E-state index < -0.39 is 0 Å². The van der Waals surface area contributed by atoms with Crippen LogP contribution in [-0.2, 0) is 0 Å². The van der Waals surface area contributed by atoms with E-state index in [0.29, 0.717) is 17.4 Å². The lowest BCUT2D eigenvalue weighted by molar-refractivity contribution is 0.666. The molecule has 9 nitrogen and oxygen atoms in total. The van der Waals surface area contributed by atoms with Gasteiger partial charge in [-0.1, -0.05) is 243 Å². The number of nitrogens with zero attached hydrogens (tertiary/aromatic N) is 8. The summed E-state index contributed by atoms with van der Waals surface area (Å²) in [6.45, 7) is 0. The van der Waals surface area contributed by atoms with E-state index >= 15 is 0 Å². The second-order valence-corrected chi connectivity index (χ2v) is 29.4. The third-order valence-corrected chi connectivity index (χ3v) is 24.0. The molecule has 0 saturated heterocycles. The summed E-state index contributed by atoms with van der Waals surface area (Å²) in [6, 6.07) is 115. The molecule has 15 aromatic carbocycles. The van der Waals surface area contributed by atoms with E-state index in [1.807, 2.05) is 12.1 Å². The highest BCUT2D eigenvalue weighted by Gasteiger charge is 2.30. The van der Waals surface area contributed by atoms with Crippen molar-refractivity contribution >= 4 is 184 Å². The number of benzene rings is 15. The van der Waals surface area contributed by atoms with Crippen LogP contribution in [0.5, 0.6) is 0 Å². The van der Waals surface area contributed by atoms with Gasteiger partial charge in [-0.3, -0.25) is 9.13 Å². The van der Waals surface area contributed by atoms with Crippen LogP contribution in [0.2, 0.25) is 0 Å². The zero-order valence-corrected chi connectivity index (χ0v) is 57.2. The average Bonchev–Trinajstić information content (AvgIpc) is 1.52. The van der Waals surface area contributed by atoms with Crippen LogP contribution in [0.3, 0.4) is 0 Å². The van der Waals surface area contributed by atoms with Gasteiger partial charge in [-0.25, -0.2) is 19.9 Å².